The van der Waals surface area contributed by atoms with E-state index < -0.39 is 0 Å². The zero-order valence-corrected chi connectivity index (χ0v) is 20.1. The predicted molar refractivity (Wildman–Crippen MR) is 132 cm³/mol. The van der Waals surface area contributed by atoms with Crippen molar-refractivity contribution in [3.63, 3.8) is 0 Å². The van der Waals surface area contributed by atoms with Crippen LogP contribution in [0.4, 0.5) is 0 Å². The van der Waals surface area contributed by atoms with Gasteiger partial charge in [-0.25, -0.2) is 4.68 Å². The Morgan fingerprint density at radius 2 is 1.69 bits per heavy atom. The number of nitrogens with one attached hydrogen (secondary N) is 1. The average molecular weight is 476 g/mol. The largest absolute Gasteiger partial charge is 0.497 e. The van der Waals surface area contributed by atoms with Gasteiger partial charge in [-0.2, -0.15) is 0 Å². The Bertz CT molecular complexity index is 1360. The van der Waals surface area contributed by atoms with Crippen molar-refractivity contribution < 1.29 is 9.47 Å². The smallest absolute Gasteiger partial charge is 0.253 e. The quantitative estimate of drug-likeness (QED) is 0.433. The van der Waals surface area contributed by atoms with Gasteiger partial charge in [0, 0.05) is 37.8 Å². The van der Waals surface area contributed by atoms with Crippen molar-refractivity contribution in [2.75, 3.05) is 47.4 Å². The number of ether oxygens (including phenoxy) is 2. The molecule has 1 aliphatic rings. The molecule has 2 aromatic heterocycles. The third-order valence-electron chi connectivity index (χ3n) is 6.58. The molecule has 0 saturated carbocycles. The monoisotopic (exact) mass is 475 g/mol. The van der Waals surface area contributed by atoms with Crippen LogP contribution in [0.1, 0.15) is 23.0 Å². The fourth-order valence-corrected chi connectivity index (χ4v) is 4.53. The van der Waals surface area contributed by atoms with Crippen molar-refractivity contribution in [2.24, 2.45) is 0 Å². The van der Waals surface area contributed by atoms with Crippen molar-refractivity contribution >= 4 is 10.9 Å². The van der Waals surface area contributed by atoms with Crippen molar-refractivity contribution in [3.8, 4) is 11.5 Å². The lowest BCUT2D eigenvalue weighted by atomic mass is 10.0. The first-order valence-electron chi connectivity index (χ1n) is 11.6. The number of likely N-dealkylation sites (N-methyl/N-ethyl adjacent to an activating group) is 1. The number of pyridine rings is 1. The van der Waals surface area contributed by atoms with Crippen LogP contribution in [0.2, 0.25) is 0 Å². The van der Waals surface area contributed by atoms with Gasteiger partial charge in [0.2, 0.25) is 0 Å². The van der Waals surface area contributed by atoms with E-state index in [0.29, 0.717) is 23.7 Å². The van der Waals surface area contributed by atoms with E-state index >= 15 is 0 Å². The van der Waals surface area contributed by atoms with Crippen LogP contribution in [0.15, 0.2) is 53.3 Å². The Kier molecular flexibility index (Phi) is 6.47. The molecule has 1 N–H and O–H groups in total. The summed E-state index contributed by atoms with van der Waals surface area (Å²) >= 11 is 0. The molecule has 1 fully saturated rings. The zero-order chi connectivity index (χ0) is 24.4. The van der Waals surface area contributed by atoms with Crippen LogP contribution in [0.5, 0.6) is 11.5 Å². The van der Waals surface area contributed by atoms with E-state index in [2.05, 4.69) is 37.4 Å². The minimum absolute atomic E-state index is 0.159. The summed E-state index contributed by atoms with van der Waals surface area (Å²) in [6.45, 7) is 3.89. The van der Waals surface area contributed by atoms with Gasteiger partial charge < -0.3 is 19.4 Å². The van der Waals surface area contributed by atoms with Crippen molar-refractivity contribution in [1.82, 2.24) is 35.0 Å². The molecule has 35 heavy (non-hydrogen) atoms. The van der Waals surface area contributed by atoms with Crippen LogP contribution in [0.3, 0.4) is 0 Å². The third kappa shape index (κ3) is 4.75. The van der Waals surface area contributed by atoms with Crippen LogP contribution in [-0.4, -0.2) is 82.4 Å². The van der Waals surface area contributed by atoms with Crippen LogP contribution >= 0.6 is 0 Å². The molecular weight excluding hydrogens is 446 g/mol. The van der Waals surface area contributed by atoms with Gasteiger partial charge in [-0.05, 0) is 58.8 Å². The summed E-state index contributed by atoms with van der Waals surface area (Å²) in [6.07, 6.45) is 0. The minimum atomic E-state index is -0.382. The topological polar surface area (TPSA) is 101 Å². The number of fused-ring (bicyclic) bond motifs is 1. The molecule has 1 atom stereocenters. The number of aromatic nitrogens is 5. The molecular formula is C25H29N7O3. The second kappa shape index (κ2) is 9.85. The van der Waals surface area contributed by atoms with Crippen molar-refractivity contribution in [1.29, 1.82) is 0 Å². The van der Waals surface area contributed by atoms with E-state index in [0.717, 1.165) is 48.4 Å². The van der Waals surface area contributed by atoms with Gasteiger partial charge >= 0.3 is 0 Å². The molecule has 0 bridgehead atoms. The molecule has 1 saturated heterocycles. The molecule has 1 unspecified atom stereocenters. The Morgan fingerprint density at radius 1 is 0.971 bits per heavy atom. The normalized spacial score (nSPS) is 15.9. The van der Waals surface area contributed by atoms with Gasteiger partial charge in [-0.1, -0.05) is 12.1 Å². The van der Waals surface area contributed by atoms with E-state index in [1.54, 1.807) is 18.9 Å². The Balaban J connectivity index is 1.57. The van der Waals surface area contributed by atoms with E-state index in [-0.39, 0.29) is 11.6 Å². The Hall–Kier alpha value is -3.76. The fourth-order valence-electron chi connectivity index (χ4n) is 4.53. The second-order valence-electron chi connectivity index (χ2n) is 8.79. The maximum atomic E-state index is 13.4. The Labute approximate surface area is 203 Å². The van der Waals surface area contributed by atoms with E-state index in [4.69, 9.17) is 9.47 Å². The molecule has 0 radical (unpaired) electrons. The Morgan fingerprint density at radius 3 is 2.40 bits per heavy atom. The molecule has 182 valence electrons. The number of hydrogen-bond donors (Lipinski definition) is 1. The lowest BCUT2D eigenvalue weighted by Crippen LogP contribution is -2.47. The average Bonchev–Trinajstić information content (AvgIpc) is 3.33. The number of methoxy groups -OCH3 is 2. The SMILES string of the molecule is COc1ccc(Cn2nnnc2C(c2cc3ccc(OC)cc3[nH]c2=O)N2CCN(C)CC2)cc1. The van der Waals surface area contributed by atoms with E-state index in [9.17, 15) is 4.79 Å². The van der Waals surface area contributed by atoms with Crippen LogP contribution in [0.25, 0.3) is 10.9 Å². The summed E-state index contributed by atoms with van der Waals surface area (Å²) in [5, 5.41) is 13.6. The second-order valence-corrected chi connectivity index (χ2v) is 8.79. The predicted octanol–water partition coefficient (Wildman–Crippen LogP) is 1.92. The first kappa shape index (κ1) is 23.0. The highest BCUT2D eigenvalue weighted by Crippen LogP contribution is 2.29. The molecule has 2 aromatic carbocycles. The van der Waals surface area contributed by atoms with Gasteiger partial charge in [-0.3, -0.25) is 9.69 Å². The van der Waals surface area contributed by atoms with Crippen LogP contribution in [-0.2, 0) is 6.54 Å². The van der Waals surface area contributed by atoms with Crippen molar-refractivity contribution in [3.05, 3.63) is 75.8 Å². The molecule has 10 nitrogen and oxygen atoms in total. The van der Waals surface area contributed by atoms with Gasteiger partial charge in [0.05, 0.1) is 26.3 Å². The first-order valence-corrected chi connectivity index (χ1v) is 11.6. The van der Waals surface area contributed by atoms with Gasteiger partial charge in [-0.15, -0.1) is 5.10 Å². The third-order valence-corrected chi connectivity index (χ3v) is 6.58. The standard InChI is InChI=1S/C25H29N7O3/c1-30-10-12-31(13-11-30)23(21-14-18-6-9-20(35-3)15-22(18)26-25(21)33)24-27-28-29-32(24)16-17-4-7-19(34-2)8-5-17/h4-9,14-15,23H,10-13,16H2,1-3H3,(H,26,33). The van der Waals surface area contributed by atoms with E-state index in [1.165, 1.54) is 0 Å². The minimum Gasteiger partial charge on any atom is -0.497 e. The van der Waals surface area contributed by atoms with Crippen molar-refractivity contribution in [2.45, 2.75) is 12.6 Å². The summed E-state index contributed by atoms with van der Waals surface area (Å²) < 4.78 is 12.4. The highest BCUT2D eigenvalue weighted by molar-refractivity contribution is 5.80. The molecule has 5 rings (SSSR count). The maximum Gasteiger partial charge on any atom is 0.253 e. The number of benzene rings is 2. The highest BCUT2D eigenvalue weighted by Gasteiger charge is 2.32. The molecule has 0 amide bonds. The zero-order valence-electron chi connectivity index (χ0n) is 20.1. The van der Waals surface area contributed by atoms with E-state index in [1.807, 2.05) is 48.5 Å². The van der Waals surface area contributed by atoms with Gasteiger partial charge in [0.25, 0.3) is 5.56 Å². The number of rotatable bonds is 7. The summed E-state index contributed by atoms with van der Waals surface area (Å²) in [5.41, 5.74) is 2.23. The molecule has 10 heteroatoms. The molecule has 1 aliphatic heterocycles. The molecule has 0 aliphatic carbocycles. The van der Waals surface area contributed by atoms with Crippen LogP contribution in [0, 0.1) is 0 Å². The number of H-pyrrole nitrogens is 1. The number of tetrazole rings is 1. The number of nitrogens with zero attached hydrogens (tertiary/aromatic N) is 6. The number of piperazine rings is 1. The molecule has 0 spiro atoms. The molecule has 3 heterocycles. The summed E-state index contributed by atoms with van der Waals surface area (Å²) in [5.74, 6) is 2.13. The number of hydrogen-bond acceptors (Lipinski definition) is 8. The van der Waals surface area contributed by atoms with Gasteiger partial charge in [0.1, 0.15) is 17.5 Å². The summed E-state index contributed by atoms with van der Waals surface area (Å²) in [4.78, 5) is 21.0. The molecule has 4 aromatic rings. The first-order chi connectivity index (χ1) is 17.1. The van der Waals surface area contributed by atoms with Crippen LogP contribution < -0.4 is 15.0 Å². The number of aromatic amines is 1. The highest BCUT2D eigenvalue weighted by atomic mass is 16.5. The summed E-state index contributed by atoms with van der Waals surface area (Å²) in [6, 6.07) is 15.1. The lowest BCUT2D eigenvalue weighted by molar-refractivity contribution is 0.121. The lowest BCUT2D eigenvalue weighted by Gasteiger charge is -2.37. The van der Waals surface area contributed by atoms with Gasteiger partial charge in [0.15, 0.2) is 5.82 Å². The maximum absolute atomic E-state index is 13.4. The summed E-state index contributed by atoms with van der Waals surface area (Å²) in [7, 11) is 5.36. The fraction of sp³-hybridized carbons (Fsp3) is 0.360.